The number of amides is 1. The Bertz CT molecular complexity index is 1460. The van der Waals surface area contributed by atoms with E-state index in [1.165, 1.54) is 31.3 Å². The van der Waals surface area contributed by atoms with Crippen molar-refractivity contribution in [3.63, 3.8) is 0 Å². The Morgan fingerprint density at radius 1 is 1.27 bits per heavy atom. The molecule has 4 rings (SSSR count). The van der Waals surface area contributed by atoms with Crippen LogP contribution in [0.25, 0.3) is 10.3 Å². The number of nitrogens with one attached hydrogen (secondary N) is 1. The number of benzene rings is 1. The molecule has 1 fully saturated rings. The maximum absolute atomic E-state index is 13.4. The molecule has 0 radical (unpaired) electrons. The second kappa shape index (κ2) is 12.5. The van der Waals surface area contributed by atoms with Crippen LogP contribution in [0.15, 0.2) is 46.4 Å². The Hall–Kier alpha value is -3.21. The summed E-state index contributed by atoms with van der Waals surface area (Å²) in [5.74, 6) is -0.214. The minimum absolute atomic E-state index is 0.00497. The number of aliphatic hydroxyl groups is 1. The number of likely N-dealkylation sites (N-methyl/N-ethyl adjacent to an activating group) is 1. The zero-order valence-electron chi connectivity index (χ0n) is 22.4. The number of pyridine rings is 1. The van der Waals surface area contributed by atoms with Gasteiger partial charge in [-0.25, -0.2) is 18.4 Å². The zero-order chi connectivity index (χ0) is 28.9. The number of hydrogen-bond acceptors (Lipinski definition) is 12. The van der Waals surface area contributed by atoms with Crippen molar-refractivity contribution in [1.29, 1.82) is 0 Å². The highest BCUT2D eigenvalue weighted by atomic mass is 32.2. The van der Waals surface area contributed by atoms with Gasteiger partial charge in [0.1, 0.15) is 17.0 Å². The summed E-state index contributed by atoms with van der Waals surface area (Å²) in [5.41, 5.74) is 6.28. The van der Waals surface area contributed by atoms with Gasteiger partial charge in [0.25, 0.3) is 5.91 Å². The summed E-state index contributed by atoms with van der Waals surface area (Å²) in [4.78, 5) is 28.3. The number of hydrogen-bond donors (Lipinski definition) is 3. The maximum Gasteiger partial charge on any atom is 0.280 e. The highest BCUT2D eigenvalue weighted by Gasteiger charge is 2.24. The first-order valence-electron chi connectivity index (χ1n) is 12.5. The lowest BCUT2D eigenvalue weighted by Gasteiger charge is -2.18. The average molecular weight is 593 g/mol. The molecule has 15 heteroatoms. The van der Waals surface area contributed by atoms with E-state index in [4.69, 9.17) is 25.2 Å². The van der Waals surface area contributed by atoms with Gasteiger partial charge in [-0.2, -0.15) is 4.31 Å². The van der Waals surface area contributed by atoms with Gasteiger partial charge in [-0.15, -0.1) is 0 Å². The molecule has 216 valence electrons. The van der Waals surface area contributed by atoms with Crippen LogP contribution in [0, 0.1) is 0 Å². The maximum atomic E-state index is 13.4. The summed E-state index contributed by atoms with van der Waals surface area (Å²) < 4.78 is 37.4. The predicted molar refractivity (Wildman–Crippen MR) is 150 cm³/mol. The van der Waals surface area contributed by atoms with E-state index < -0.39 is 21.5 Å². The van der Waals surface area contributed by atoms with Gasteiger partial charge in [-0.1, -0.05) is 28.6 Å². The number of aliphatic hydroxyl groups excluding tert-OH is 1. The molecule has 2 aromatic heterocycles. The Balaban J connectivity index is 1.56. The number of carbonyl (C=O) groups is 1. The molecule has 13 nitrogen and oxygen atoms in total. The van der Waals surface area contributed by atoms with Gasteiger partial charge >= 0.3 is 0 Å². The number of thiazole rings is 1. The van der Waals surface area contributed by atoms with E-state index in [0.717, 1.165) is 15.6 Å². The van der Waals surface area contributed by atoms with Crippen molar-refractivity contribution in [3.05, 3.63) is 42.0 Å². The number of anilines is 1. The molecular formula is C25H32N6O7S2. The average Bonchev–Trinajstić information content (AvgIpc) is 3.57. The number of aromatic nitrogens is 2. The molecule has 1 aliphatic heterocycles. The number of rotatable bonds is 12. The molecule has 40 heavy (non-hydrogen) atoms. The molecule has 1 aliphatic rings. The van der Waals surface area contributed by atoms with Gasteiger partial charge < -0.3 is 25.2 Å². The molecule has 1 amide bonds. The summed E-state index contributed by atoms with van der Waals surface area (Å²) in [6.45, 7) is 4.48. The van der Waals surface area contributed by atoms with Gasteiger partial charge in [0.05, 0.1) is 24.7 Å². The molecule has 1 atom stereocenters. The molecule has 0 bridgehead atoms. The van der Waals surface area contributed by atoms with E-state index in [2.05, 4.69) is 20.4 Å². The molecule has 0 aliphatic carbocycles. The van der Waals surface area contributed by atoms with Crippen LogP contribution in [0.3, 0.4) is 0 Å². The third-order valence-corrected chi connectivity index (χ3v) is 8.44. The summed E-state index contributed by atoms with van der Waals surface area (Å²) >= 11 is 1.16. The largest absolute Gasteiger partial charge is 0.476 e. The smallest absolute Gasteiger partial charge is 0.280 e. The quantitative estimate of drug-likeness (QED) is 0.206. The number of carbonyl (C=O) groups excluding carboxylic acids is 1. The molecule has 3 aromatic rings. The Labute approximate surface area is 236 Å². The second-order valence-electron chi connectivity index (χ2n) is 9.83. The predicted octanol–water partition coefficient (Wildman–Crippen LogP) is 1.57. The molecular weight excluding hydrogens is 560 g/mol. The van der Waals surface area contributed by atoms with Crippen molar-refractivity contribution in [1.82, 2.24) is 14.3 Å². The van der Waals surface area contributed by atoms with Crippen LogP contribution in [-0.4, -0.2) is 91.1 Å². The van der Waals surface area contributed by atoms with Crippen LogP contribution in [0.5, 0.6) is 5.88 Å². The molecule has 3 heterocycles. The summed E-state index contributed by atoms with van der Waals surface area (Å²) in [7, 11) is -2.44. The van der Waals surface area contributed by atoms with E-state index in [1.54, 1.807) is 12.1 Å². The molecule has 1 saturated heterocycles. The van der Waals surface area contributed by atoms with E-state index in [-0.39, 0.29) is 41.6 Å². The van der Waals surface area contributed by atoms with E-state index in [1.807, 2.05) is 13.8 Å². The highest BCUT2D eigenvalue weighted by Crippen LogP contribution is 2.27. The first-order chi connectivity index (χ1) is 19.0. The first kappa shape index (κ1) is 29.8. The van der Waals surface area contributed by atoms with Crippen LogP contribution in [0.2, 0.25) is 0 Å². The fourth-order valence-electron chi connectivity index (χ4n) is 3.52. The zero-order valence-corrected chi connectivity index (χ0v) is 24.0. The first-order valence-corrected chi connectivity index (χ1v) is 14.7. The Morgan fingerprint density at radius 3 is 2.67 bits per heavy atom. The van der Waals surface area contributed by atoms with Gasteiger partial charge in [0.2, 0.25) is 15.9 Å². The third kappa shape index (κ3) is 7.50. The lowest BCUT2D eigenvalue weighted by atomic mass is 10.1. The standard InChI is InChI=1S/C25H32N6O7S2/c1-25(2,26)15-37-20-9-8-19-23(28-20)39-24(27-19)29-22(33)21(30-38-17-10-13-36-14-17)16-4-6-18(7-5-16)40(34,35)31(3)11-12-32/h4-9,17,32H,10-15,26H2,1-3H3,(H,27,29,33)/t17-/m1/s1. The second-order valence-corrected chi connectivity index (χ2v) is 12.9. The van der Waals surface area contributed by atoms with Crippen LogP contribution in [0.4, 0.5) is 5.13 Å². The minimum Gasteiger partial charge on any atom is -0.476 e. The van der Waals surface area contributed by atoms with E-state index in [0.29, 0.717) is 41.4 Å². The van der Waals surface area contributed by atoms with E-state index >= 15 is 0 Å². The van der Waals surface area contributed by atoms with Crippen LogP contribution in [0.1, 0.15) is 25.8 Å². The van der Waals surface area contributed by atoms with Gasteiger partial charge in [0.15, 0.2) is 16.9 Å². The number of nitrogens with two attached hydrogens (primary N) is 1. The van der Waals surface area contributed by atoms with Crippen molar-refractivity contribution >= 4 is 48.5 Å². The van der Waals surface area contributed by atoms with Gasteiger partial charge in [-0.05, 0) is 32.0 Å². The van der Waals surface area contributed by atoms with Crippen molar-refractivity contribution < 1.29 is 32.6 Å². The fraction of sp³-hybridized carbons (Fsp3) is 0.440. The molecule has 0 spiro atoms. The fourth-order valence-corrected chi connectivity index (χ4v) is 5.51. The summed E-state index contributed by atoms with van der Waals surface area (Å²) in [5, 5.41) is 16.2. The number of sulfonamides is 1. The van der Waals surface area contributed by atoms with E-state index in [9.17, 15) is 13.2 Å². The van der Waals surface area contributed by atoms with Crippen molar-refractivity contribution in [3.8, 4) is 5.88 Å². The molecule has 4 N–H and O–H groups in total. The lowest BCUT2D eigenvalue weighted by molar-refractivity contribution is -0.110. The van der Waals surface area contributed by atoms with Crippen LogP contribution < -0.4 is 15.8 Å². The number of ether oxygens (including phenoxy) is 2. The van der Waals surface area contributed by atoms with Crippen LogP contribution >= 0.6 is 11.3 Å². The normalized spacial score (nSPS) is 16.4. The summed E-state index contributed by atoms with van der Waals surface area (Å²) in [6.07, 6.45) is 0.320. The van der Waals surface area contributed by atoms with Gasteiger partial charge in [0, 0.05) is 37.2 Å². The van der Waals surface area contributed by atoms with Crippen LogP contribution in [-0.2, 0) is 24.4 Å². The number of fused-ring (bicyclic) bond motifs is 1. The monoisotopic (exact) mass is 592 g/mol. The molecule has 0 unspecified atom stereocenters. The minimum atomic E-state index is -3.82. The number of oxime groups is 1. The van der Waals surface area contributed by atoms with Crippen molar-refractivity contribution in [2.45, 2.75) is 36.8 Å². The Kier molecular flexibility index (Phi) is 9.33. The lowest BCUT2D eigenvalue weighted by Crippen LogP contribution is -2.38. The Morgan fingerprint density at radius 2 is 2.02 bits per heavy atom. The SMILES string of the molecule is CN(CCO)S(=O)(=O)c1ccc(C(=NO[C@@H]2CCOC2)C(=O)Nc2nc3ccc(OCC(C)(C)N)nc3s2)cc1. The highest BCUT2D eigenvalue weighted by molar-refractivity contribution is 7.89. The topological polar surface area (TPSA) is 179 Å². The molecule has 1 aromatic carbocycles. The van der Waals surface area contributed by atoms with Crippen molar-refractivity contribution in [2.24, 2.45) is 10.9 Å². The molecule has 0 saturated carbocycles. The summed E-state index contributed by atoms with van der Waals surface area (Å²) in [6, 6.07) is 9.08. The van der Waals surface area contributed by atoms with Gasteiger partial charge in [-0.3, -0.25) is 10.1 Å². The van der Waals surface area contributed by atoms with Crippen molar-refractivity contribution in [2.75, 3.05) is 45.3 Å². The third-order valence-electron chi connectivity index (χ3n) is 5.69. The number of nitrogens with zero attached hydrogens (tertiary/aromatic N) is 4.